The van der Waals surface area contributed by atoms with Crippen molar-refractivity contribution < 1.29 is 19.5 Å². The van der Waals surface area contributed by atoms with E-state index in [1.54, 1.807) is 0 Å². The van der Waals surface area contributed by atoms with Crippen LogP contribution in [0.3, 0.4) is 0 Å². The monoisotopic (exact) mass is 574 g/mol. The number of fused-ring (bicyclic) bond motifs is 1. The van der Waals surface area contributed by atoms with Crippen molar-refractivity contribution in [1.82, 2.24) is 25.8 Å². The number of imide groups is 1. The molecule has 10 nitrogen and oxygen atoms in total. The van der Waals surface area contributed by atoms with Crippen LogP contribution in [0.25, 0.3) is 10.9 Å². The zero-order valence-corrected chi connectivity index (χ0v) is 24.4. The number of nitrogens with one attached hydrogen (secondary N) is 4. The second-order valence-electron chi connectivity index (χ2n) is 13.9. The van der Waals surface area contributed by atoms with Crippen LogP contribution in [-0.4, -0.2) is 65.2 Å². The second kappa shape index (κ2) is 10.5. The number of carbonyl (C=O) groups excluding carboxylic acids is 2. The van der Waals surface area contributed by atoms with Gasteiger partial charge in [-0.3, -0.25) is 9.78 Å². The topological polar surface area (TPSA) is 136 Å². The first-order valence-electron chi connectivity index (χ1n) is 15.7. The number of carbonyl (C=O) groups is 3. The van der Waals surface area contributed by atoms with Gasteiger partial charge in [0.05, 0.1) is 28.5 Å². The summed E-state index contributed by atoms with van der Waals surface area (Å²) < 4.78 is 0. The molecule has 5 N–H and O–H groups in total. The summed E-state index contributed by atoms with van der Waals surface area (Å²) in [6.45, 7) is 4.28. The Morgan fingerprint density at radius 1 is 1.02 bits per heavy atom. The van der Waals surface area contributed by atoms with E-state index in [4.69, 9.17) is 4.98 Å². The van der Waals surface area contributed by atoms with Gasteiger partial charge in [-0.1, -0.05) is 6.07 Å². The van der Waals surface area contributed by atoms with Gasteiger partial charge < -0.3 is 26.4 Å². The number of anilines is 1. The Bertz CT molecular complexity index is 1380. The Labute approximate surface area is 246 Å². The number of urea groups is 1. The number of aryl methyl sites for hydroxylation is 1. The van der Waals surface area contributed by atoms with E-state index in [1.807, 2.05) is 31.2 Å². The summed E-state index contributed by atoms with van der Waals surface area (Å²) in [5.74, 6) is 2.51. The molecule has 6 fully saturated rings. The third-order valence-electron chi connectivity index (χ3n) is 10.9. The lowest BCUT2D eigenvalue weighted by atomic mass is 9.49. The highest BCUT2D eigenvalue weighted by molar-refractivity contribution is 6.02. The molecule has 10 heteroatoms. The smallest absolute Gasteiger partial charge is 0.415 e. The Balaban J connectivity index is 1.13. The lowest BCUT2D eigenvalue weighted by Crippen LogP contribution is -2.57. The fraction of sp³-hybridized carbons (Fsp3) is 0.625. The molecular weight excluding hydrogens is 532 g/mol. The fourth-order valence-corrected chi connectivity index (χ4v) is 9.39. The number of hydrogen-bond acceptors (Lipinski definition) is 6. The van der Waals surface area contributed by atoms with Gasteiger partial charge >= 0.3 is 12.1 Å². The van der Waals surface area contributed by atoms with Crippen LogP contribution in [0, 0.1) is 30.1 Å². The van der Waals surface area contributed by atoms with Crippen LogP contribution >= 0.6 is 0 Å². The van der Waals surface area contributed by atoms with Gasteiger partial charge in [0.1, 0.15) is 0 Å². The highest BCUT2D eigenvalue weighted by atomic mass is 16.4. The summed E-state index contributed by atoms with van der Waals surface area (Å²) >= 11 is 0. The zero-order valence-electron chi connectivity index (χ0n) is 24.4. The lowest BCUT2D eigenvalue weighted by Gasteiger charge is -2.56. The maximum atomic E-state index is 13.5. The van der Waals surface area contributed by atoms with Gasteiger partial charge in [0.2, 0.25) is 5.91 Å². The number of aromatic nitrogens is 1. The van der Waals surface area contributed by atoms with Gasteiger partial charge in [0, 0.05) is 24.9 Å². The molecule has 2 aromatic rings. The van der Waals surface area contributed by atoms with E-state index in [9.17, 15) is 19.5 Å². The van der Waals surface area contributed by atoms with Gasteiger partial charge in [-0.25, -0.2) is 14.5 Å². The van der Waals surface area contributed by atoms with Crippen molar-refractivity contribution in [1.29, 1.82) is 0 Å². The molecule has 8 rings (SSSR count). The Morgan fingerprint density at radius 3 is 2.38 bits per heavy atom. The predicted octanol–water partition coefficient (Wildman–Crippen LogP) is 4.33. The first-order valence-corrected chi connectivity index (χ1v) is 15.7. The summed E-state index contributed by atoms with van der Waals surface area (Å²) in [5, 5.41) is 23.5. The summed E-state index contributed by atoms with van der Waals surface area (Å²) in [6, 6.07) is 6.80. The standard InChI is InChI=1S/C32H42N6O4/c1-19-2-4-25-24(28(19)36-27(39)16-31-13-20-10-21(14-31)12-22(11-20)15-31)3-5-26(35-25)32(7-9-34-18-32)37-29(40)38(30(41)42)23-6-8-33-17-23/h2-5,20-23,33-34H,6-18H2,1H3,(H,36,39)(H,37,40)(H,41,42)/t20?,21?,22?,23-,31?,32-/m0/s1. The van der Waals surface area contributed by atoms with Crippen LogP contribution in [0.2, 0.25) is 0 Å². The van der Waals surface area contributed by atoms with Crippen molar-refractivity contribution in [3.63, 3.8) is 0 Å². The van der Waals surface area contributed by atoms with Gasteiger partial charge in [0.15, 0.2) is 0 Å². The molecule has 1 aromatic carbocycles. The molecule has 4 amide bonds. The summed E-state index contributed by atoms with van der Waals surface area (Å²) in [4.78, 5) is 44.8. The van der Waals surface area contributed by atoms with Gasteiger partial charge in [-0.05, 0) is 118 Å². The predicted molar refractivity (Wildman–Crippen MR) is 159 cm³/mol. The number of pyridine rings is 1. The molecular formula is C32H42N6O4. The van der Waals surface area contributed by atoms with E-state index in [-0.39, 0.29) is 11.3 Å². The van der Waals surface area contributed by atoms with Crippen molar-refractivity contribution >= 4 is 34.6 Å². The van der Waals surface area contributed by atoms with Crippen LogP contribution < -0.4 is 21.3 Å². The number of amides is 4. The van der Waals surface area contributed by atoms with Crippen molar-refractivity contribution in [2.45, 2.75) is 76.3 Å². The first kappa shape index (κ1) is 27.6. The van der Waals surface area contributed by atoms with Crippen LogP contribution in [0.15, 0.2) is 24.3 Å². The normalized spacial score (nSPS) is 33.2. The highest BCUT2D eigenvalue weighted by Crippen LogP contribution is 2.61. The molecule has 4 aliphatic carbocycles. The van der Waals surface area contributed by atoms with E-state index in [1.165, 1.54) is 38.5 Å². The zero-order chi connectivity index (χ0) is 29.1. The van der Waals surface area contributed by atoms with Gasteiger partial charge in [-0.15, -0.1) is 0 Å². The molecule has 42 heavy (non-hydrogen) atoms. The Kier molecular flexibility index (Phi) is 6.89. The molecule has 0 radical (unpaired) electrons. The lowest BCUT2D eigenvalue weighted by molar-refractivity contribution is -0.124. The highest BCUT2D eigenvalue weighted by Gasteiger charge is 2.51. The van der Waals surface area contributed by atoms with Crippen molar-refractivity contribution in [2.75, 3.05) is 31.5 Å². The van der Waals surface area contributed by atoms with E-state index in [2.05, 4.69) is 21.3 Å². The summed E-state index contributed by atoms with van der Waals surface area (Å²) in [6.07, 6.45) is 8.21. The minimum Gasteiger partial charge on any atom is -0.465 e. The Morgan fingerprint density at radius 2 is 1.76 bits per heavy atom. The minimum absolute atomic E-state index is 0.0931. The molecule has 4 bridgehead atoms. The average molecular weight is 575 g/mol. The van der Waals surface area contributed by atoms with Crippen molar-refractivity contribution in [2.24, 2.45) is 23.2 Å². The number of rotatable bonds is 6. The average Bonchev–Trinajstić information content (AvgIpc) is 3.62. The largest absolute Gasteiger partial charge is 0.465 e. The van der Waals surface area contributed by atoms with E-state index < -0.39 is 23.7 Å². The second-order valence-corrected chi connectivity index (χ2v) is 13.9. The molecule has 2 saturated heterocycles. The maximum absolute atomic E-state index is 13.5. The van der Waals surface area contributed by atoms with Crippen molar-refractivity contribution in [3.05, 3.63) is 35.5 Å². The summed E-state index contributed by atoms with van der Waals surface area (Å²) in [7, 11) is 0. The van der Waals surface area contributed by atoms with Crippen LogP contribution in [0.4, 0.5) is 15.3 Å². The number of hydrogen-bond donors (Lipinski definition) is 5. The molecule has 224 valence electrons. The minimum atomic E-state index is -1.25. The van der Waals surface area contributed by atoms with E-state index in [0.717, 1.165) is 44.8 Å². The third kappa shape index (κ3) is 4.92. The SMILES string of the molecule is Cc1ccc2nc([C@]3(NC(=O)N(C(=O)O)[C@H]4CCNC4)CCNC3)ccc2c1NC(=O)CC12CC3CC(CC(C3)C1)C2. The quantitative estimate of drug-likeness (QED) is 0.347. The molecule has 2 aliphatic heterocycles. The summed E-state index contributed by atoms with van der Waals surface area (Å²) in [5.41, 5.74) is 2.54. The van der Waals surface area contributed by atoms with E-state index >= 15 is 0 Å². The van der Waals surface area contributed by atoms with Crippen LogP contribution in [0.1, 0.15) is 69.0 Å². The molecule has 2 atom stereocenters. The maximum Gasteiger partial charge on any atom is 0.415 e. The first-order chi connectivity index (χ1) is 20.2. The van der Waals surface area contributed by atoms with Crippen molar-refractivity contribution in [3.8, 4) is 0 Å². The van der Waals surface area contributed by atoms with Crippen LogP contribution in [-0.2, 0) is 10.3 Å². The molecule has 0 unspecified atom stereocenters. The van der Waals surface area contributed by atoms with Gasteiger partial charge in [-0.2, -0.15) is 0 Å². The molecule has 4 saturated carbocycles. The number of benzene rings is 1. The number of carboxylic acid groups (broad SMARTS) is 1. The molecule has 0 spiro atoms. The van der Waals surface area contributed by atoms with Gasteiger partial charge in [0.25, 0.3) is 0 Å². The third-order valence-corrected chi connectivity index (χ3v) is 10.9. The fourth-order valence-electron chi connectivity index (χ4n) is 9.39. The number of nitrogens with zero attached hydrogens (tertiary/aromatic N) is 2. The van der Waals surface area contributed by atoms with E-state index in [0.29, 0.717) is 51.1 Å². The molecule has 1 aromatic heterocycles. The molecule has 3 heterocycles. The molecule has 6 aliphatic rings. The Hall–Kier alpha value is -3.24. The van der Waals surface area contributed by atoms with Crippen LogP contribution in [0.5, 0.6) is 0 Å².